The Kier molecular flexibility index (Phi) is 15.4. The van der Waals surface area contributed by atoms with Crippen molar-refractivity contribution in [2.75, 3.05) is 71.5 Å². The van der Waals surface area contributed by atoms with Crippen LogP contribution in [0.5, 0.6) is 0 Å². The molecule has 40 heavy (non-hydrogen) atoms. The number of methoxy groups -OCH3 is 1. The van der Waals surface area contributed by atoms with E-state index in [-0.39, 0.29) is 70.6 Å². The highest BCUT2D eigenvalue weighted by atomic mass is 35.5. The second kappa shape index (κ2) is 16.9. The molecular formula is C27H47Cl3N6O4. The Morgan fingerprint density at radius 3 is 2.48 bits per heavy atom. The van der Waals surface area contributed by atoms with Gasteiger partial charge in [-0.05, 0) is 18.8 Å². The molecule has 2 N–H and O–H groups in total. The minimum Gasteiger partial charge on any atom is -0.385 e. The molecule has 0 radical (unpaired) electrons. The first kappa shape index (κ1) is 36.6. The molecule has 2 atom stereocenters. The highest BCUT2D eigenvalue weighted by molar-refractivity contribution is 6.33. The highest BCUT2D eigenvalue weighted by Gasteiger charge is 2.37. The number of morpholine rings is 1. The van der Waals surface area contributed by atoms with Gasteiger partial charge in [-0.15, -0.1) is 24.8 Å². The fourth-order valence-electron chi connectivity index (χ4n) is 4.83. The molecule has 2 saturated heterocycles. The predicted octanol–water partition coefficient (Wildman–Crippen LogP) is 3.65. The predicted molar refractivity (Wildman–Crippen MR) is 163 cm³/mol. The van der Waals surface area contributed by atoms with E-state index in [1.807, 2.05) is 30.6 Å². The molecule has 230 valence electrons. The van der Waals surface area contributed by atoms with E-state index in [1.165, 1.54) is 0 Å². The van der Waals surface area contributed by atoms with Crippen molar-refractivity contribution in [2.45, 2.75) is 58.9 Å². The van der Waals surface area contributed by atoms with Crippen LogP contribution in [0.2, 0.25) is 5.15 Å². The van der Waals surface area contributed by atoms with Gasteiger partial charge in [0.15, 0.2) is 0 Å². The van der Waals surface area contributed by atoms with Gasteiger partial charge in [0.25, 0.3) is 5.91 Å². The van der Waals surface area contributed by atoms with Gasteiger partial charge in [0.2, 0.25) is 5.91 Å². The number of ether oxygens (including phenoxy) is 2. The van der Waals surface area contributed by atoms with Crippen LogP contribution in [-0.2, 0) is 19.7 Å². The molecule has 0 bridgehead atoms. The van der Waals surface area contributed by atoms with Crippen molar-refractivity contribution in [2.24, 2.45) is 11.8 Å². The fraction of sp³-hybridized carbons (Fsp3) is 0.778. The minimum absolute atomic E-state index is 0. The van der Waals surface area contributed by atoms with Crippen LogP contribution >= 0.6 is 36.4 Å². The van der Waals surface area contributed by atoms with E-state index in [0.29, 0.717) is 77.2 Å². The Hall–Kier alpha value is -1.43. The summed E-state index contributed by atoms with van der Waals surface area (Å²) in [6.07, 6.45) is 1.35. The molecule has 3 heterocycles. The molecule has 2 fully saturated rings. The molecule has 0 spiro atoms. The topological polar surface area (TPSA) is 109 Å². The number of amides is 2. The van der Waals surface area contributed by atoms with Crippen LogP contribution in [-0.4, -0.2) is 104 Å². The van der Waals surface area contributed by atoms with Crippen LogP contribution in [0.25, 0.3) is 0 Å². The molecule has 0 aliphatic carbocycles. The maximum absolute atomic E-state index is 14.2. The Balaban J connectivity index is 0.00000400. The molecule has 2 aliphatic heterocycles. The molecule has 10 nitrogen and oxygen atoms in total. The lowest BCUT2D eigenvalue weighted by atomic mass is 9.92. The number of piperidine rings is 1. The van der Waals surface area contributed by atoms with E-state index in [2.05, 4.69) is 29.5 Å². The summed E-state index contributed by atoms with van der Waals surface area (Å²) in [6, 6.07) is -0.159. The number of carbonyl (C=O) groups excluding carboxylic acids is 2. The number of carbonyl (C=O) groups is 2. The number of nitrogens with zero attached hydrogens (tertiary/aromatic N) is 4. The van der Waals surface area contributed by atoms with E-state index in [4.69, 9.17) is 26.1 Å². The van der Waals surface area contributed by atoms with Crippen molar-refractivity contribution in [1.29, 1.82) is 0 Å². The van der Waals surface area contributed by atoms with E-state index >= 15 is 0 Å². The smallest absolute Gasteiger partial charge is 0.261 e. The summed E-state index contributed by atoms with van der Waals surface area (Å²) in [7, 11) is 1.66. The number of halogens is 3. The number of aromatic nitrogens is 2. The molecule has 2 aliphatic rings. The number of hydrogen-bond acceptors (Lipinski definition) is 8. The van der Waals surface area contributed by atoms with Gasteiger partial charge in [-0.3, -0.25) is 9.59 Å². The van der Waals surface area contributed by atoms with Crippen LogP contribution in [0.3, 0.4) is 0 Å². The summed E-state index contributed by atoms with van der Waals surface area (Å²) >= 11 is 6.72. The number of hydrogen-bond donors (Lipinski definition) is 2. The first-order valence-corrected chi connectivity index (χ1v) is 14.1. The van der Waals surface area contributed by atoms with Gasteiger partial charge in [-0.1, -0.05) is 46.2 Å². The first-order chi connectivity index (χ1) is 18.0. The second-order valence-corrected chi connectivity index (χ2v) is 12.0. The zero-order valence-corrected chi connectivity index (χ0v) is 27.0. The lowest BCUT2D eigenvalue weighted by Crippen LogP contribution is -2.56. The van der Waals surface area contributed by atoms with Crippen LogP contribution in [0.4, 0.5) is 5.82 Å². The Morgan fingerprint density at radius 2 is 1.88 bits per heavy atom. The quantitative estimate of drug-likeness (QED) is 0.300. The maximum Gasteiger partial charge on any atom is 0.261 e. The average Bonchev–Trinajstić information content (AvgIpc) is 2.88. The average molecular weight is 626 g/mol. The number of rotatable bonds is 10. The van der Waals surface area contributed by atoms with Gasteiger partial charge in [-0.2, -0.15) is 0 Å². The van der Waals surface area contributed by atoms with Crippen molar-refractivity contribution in [1.82, 2.24) is 25.1 Å². The third-order valence-corrected chi connectivity index (χ3v) is 7.10. The lowest BCUT2D eigenvalue weighted by molar-refractivity contribution is -0.140. The molecule has 1 aromatic rings. The van der Waals surface area contributed by atoms with Crippen LogP contribution in [0.15, 0.2) is 0 Å². The second-order valence-electron chi connectivity index (χ2n) is 11.6. The summed E-state index contributed by atoms with van der Waals surface area (Å²) in [5.41, 5.74) is -0.0639. The van der Waals surface area contributed by atoms with E-state index in [1.54, 1.807) is 7.11 Å². The van der Waals surface area contributed by atoms with Gasteiger partial charge >= 0.3 is 0 Å². The standard InChI is InChI=1S/C27H45ClN6O4.2ClH/c1-18(2)17-34(20-14-19(15-29-16-20)24(35)33-9-12-38-13-10-33)25(36)21-22(28)31-26(27(3,4)5)32-23(21)30-8-7-11-37-6;;/h18-20,29H,7-17H2,1-6H3,(H,30,31,32);2*1H/t19-,20+;;/m1../s1. The van der Waals surface area contributed by atoms with Crippen molar-refractivity contribution in [3.8, 4) is 0 Å². The molecule has 2 amide bonds. The summed E-state index contributed by atoms with van der Waals surface area (Å²) in [6.45, 7) is 15.5. The van der Waals surface area contributed by atoms with Gasteiger partial charge in [-0.25, -0.2) is 9.97 Å². The van der Waals surface area contributed by atoms with Crippen LogP contribution in [0.1, 0.15) is 63.6 Å². The van der Waals surface area contributed by atoms with E-state index < -0.39 is 0 Å². The summed E-state index contributed by atoms with van der Waals surface area (Å²) < 4.78 is 10.6. The Morgan fingerprint density at radius 1 is 1.20 bits per heavy atom. The zero-order valence-electron chi connectivity index (χ0n) is 24.6. The van der Waals surface area contributed by atoms with Crippen LogP contribution in [0, 0.1) is 11.8 Å². The van der Waals surface area contributed by atoms with Gasteiger partial charge in [0, 0.05) is 64.4 Å². The normalized spacial score (nSPS) is 19.4. The SMILES string of the molecule is COCCCNc1nc(C(C)(C)C)nc(Cl)c1C(=O)N(CC(C)C)[C@@H]1CNC[C@H](C(=O)N2CCOCC2)C1.Cl.Cl. The minimum atomic E-state index is -0.341. The Bertz CT molecular complexity index is 957. The van der Waals surface area contributed by atoms with Gasteiger partial charge < -0.3 is 29.9 Å². The highest BCUT2D eigenvalue weighted by Crippen LogP contribution is 2.30. The van der Waals surface area contributed by atoms with E-state index in [9.17, 15) is 9.59 Å². The largest absolute Gasteiger partial charge is 0.385 e. The Labute approximate surface area is 256 Å². The molecule has 13 heteroatoms. The lowest BCUT2D eigenvalue weighted by Gasteiger charge is -2.40. The molecule has 0 aromatic carbocycles. The third kappa shape index (κ3) is 9.84. The number of nitrogens with one attached hydrogen (secondary N) is 2. The third-order valence-electron chi connectivity index (χ3n) is 6.83. The zero-order chi connectivity index (χ0) is 27.9. The molecule has 3 rings (SSSR count). The van der Waals surface area contributed by atoms with Crippen LogP contribution < -0.4 is 10.6 Å². The van der Waals surface area contributed by atoms with E-state index in [0.717, 1.165) is 6.42 Å². The maximum atomic E-state index is 14.2. The monoisotopic (exact) mass is 624 g/mol. The number of anilines is 1. The van der Waals surface area contributed by atoms with Crippen molar-refractivity contribution in [3.63, 3.8) is 0 Å². The van der Waals surface area contributed by atoms with Gasteiger partial charge in [0.1, 0.15) is 22.4 Å². The summed E-state index contributed by atoms with van der Waals surface area (Å²) in [4.78, 5) is 40.5. The summed E-state index contributed by atoms with van der Waals surface area (Å²) in [5, 5.41) is 6.86. The molecular weight excluding hydrogens is 579 g/mol. The van der Waals surface area contributed by atoms with Crippen molar-refractivity contribution >= 4 is 54.0 Å². The first-order valence-electron chi connectivity index (χ1n) is 13.7. The van der Waals surface area contributed by atoms with Crippen molar-refractivity contribution in [3.05, 3.63) is 16.5 Å². The molecule has 1 aromatic heterocycles. The summed E-state index contributed by atoms with van der Waals surface area (Å²) in [5.74, 6) is 0.939. The van der Waals surface area contributed by atoms with Crippen molar-refractivity contribution < 1.29 is 19.1 Å². The fourth-order valence-corrected chi connectivity index (χ4v) is 5.08. The van der Waals surface area contributed by atoms with Gasteiger partial charge in [0.05, 0.1) is 19.1 Å². The molecule has 0 saturated carbocycles. The molecule has 0 unspecified atom stereocenters.